The van der Waals surface area contributed by atoms with Crippen molar-refractivity contribution in [1.29, 1.82) is 0 Å². The second-order valence-corrected chi connectivity index (χ2v) is 13.3. The zero-order valence-corrected chi connectivity index (χ0v) is 30.5. The van der Waals surface area contributed by atoms with Crippen LogP contribution in [-0.2, 0) is 0 Å². The number of carbonyl (C=O) groups excluding carboxylic acids is 4. The minimum atomic E-state index is -0.315. The van der Waals surface area contributed by atoms with Crippen molar-refractivity contribution in [3.8, 4) is 24.2 Å². The molecule has 2 aliphatic heterocycles. The molecule has 258 valence electrons. The van der Waals surface area contributed by atoms with E-state index in [0.29, 0.717) is 33.5 Å². The molecule has 2 heterocycles. The number of halogens is 1. The Balaban J connectivity index is 0.000000148. The monoisotopic (exact) mass is 764 g/mol. The third-order valence-electron chi connectivity index (χ3n) is 9.03. The van der Waals surface area contributed by atoms with E-state index in [1.165, 1.54) is 17.3 Å². The largest absolute Gasteiger partial charge is 0.277 e. The van der Waals surface area contributed by atoms with Crippen LogP contribution in [0.1, 0.15) is 58.1 Å². The average molecular weight is 766 g/mol. The predicted molar refractivity (Wildman–Crippen MR) is 216 cm³/mol. The third-order valence-corrected chi connectivity index (χ3v) is 9.52. The molecule has 0 aliphatic carbocycles. The number of hydrogen-bond donors (Lipinski definition) is 0. The standard InChI is InChI=1S/C26H15NO2.C12H8.C9H6BrNO2/c28-25-23-16-14-18(13-15-20-9-6-8-19-7-4-5-12-22(19)20)17-24(23)26(29)27(25)21-10-2-1-3-11-21;1-2-10-7-5-8-11-6-3-4-9-12(10)11;1-11-8(12)6-3-2-5(10)4-7(6)9(11)13/h1-12,14,16-17H;1,3-9H;2-4H,1H3. The normalized spacial score (nSPS) is 12.5. The molecular formula is C47H29BrN2O4. The van der Waals surface area contributed by atoms with Gasteiger partial charge in [0.25, 0.3) is 23.6 Å². The van der Waals surface area contributed by atoms with E-state index in [2.05, 4.69) is 58.0 Å². The van der Waals surface area contributed by atoms with Gasteiger partial charge in [0, 0.05) is 28.2 Å². The van der Waals surface area contributed by atoms with Gasteiger partial charge in [-0.2, -0.15) is 0 Å². The molecule has 0 spiro atoms. The van der Waals surface area contributed by atoms with Gasteiger partial charge in [0.15, 0.2) is 0 Å². The number of nitrogens with zero attached hydrogens (tertiary/aromatic N) is 2. The Labute approximate surface area is 320 Å². The van der Waals surface area contributed by atoms with Crippen molar-refractivity contribution in [3.63, 3.8) is 0 Å². The summed E-state index contributed by atoms with van der Waals surface area (Å²) >= 11 is 3.25. The molecule has 0 saturated heterocycles. The van der Waals surface area contributed by atoms with Crippen LogP contribution >= 0.6 is 15.9 Å². The molecular weight excluding hydrogens is 736 g/mol. The van der Waals surface area contributed by atoms with Crippen molar-refractivity contribution in [2.75, 3.05) is 11.9 Å². The topological polar surface area (TPSA) is 74.8 Å². The maximum Gasteiger partial charge on any atom is 0.266 e. The quantitative estimate of drug-likeness (QED) is 0.123. The molecule has 7 aromatic carbocycles. The van der Waals surface area contributed by atoms with Crippen LogP contribution in [0.4, 0.5) is 5.69 Å². The number of imide groups is 2. The van der Waals surface area contributed by atoms with Gasteiger partial charge in [-0.3, -0.25) is 24.1 Å². The minimum Gasteiger partial charge on any atom is -0.277 e. The van der Waals surface area contributed by atoms with E-state index in [0.717, 1.165) is 36.7 Å². The molecule has 0 unspecified atom stereocenters. The lowest BCUT2D eigenvalue weighted by Gasteiger charge is -2.13. The fourth-order valence-corrected chi connectivity index (χ4v) is 6.65. The molecule has 0 atom stereocenters. The Morgan fingerprint density at radius 1 is 0.500 bits per heavy atom. The maximum absolute atomic E-state index is 12.9. The number of para-hydroxylation sites is 1. The highest BCUT2D eigenvalue weighted by atomic mass is 79.9. The maximum atomic E-state index is 12.9. The number of rotatable bonds is 1. The molecule has 6 nitrogen and oxygen atoms in total. The number of benzene rings is 7. The molecule has 0 N–H and O–H groups in total. The van der Waals surface area contributed by atoms with Crippen LogP contribution in [0.25, 0.3) is 21.5 Å². The lowest BCUT2D eigenvalue weighted by Crippen LogP contribution is -2.29. The first kappa shape index (κ1) is 35.3. The SMILES string of the molecule is C#Cc1cccc2ccccc12.CN1C(=O)c2ccc(Br)cc2C1=O.O=C1c2ccc(C#Cc3cccc4ccccc34)cc2C(=O)N1c1ccccc1. The van der Waals surface area contributed by atoms with Gasteiger partial charge in [0.05, 0.1) is 27.9 Å². The van der Waals surface area contributed by atoms with Crippen molar-refractivity contribution >= 4 is 66.8 Å². The molecule has 9 rings (SSSR count). The summed E-state index contributed by atoms with van der Waals surface area (Å²) < 4.78 is 0.808. The zero-order valence-electron chi connectivity index (χ0n) is 28.9. The Bertz CT molecular complexity index is 2750. The molecule has 0 saturated carbocycles. The minimum absolute atomic E-state index is 0.229. The van der Waals surface area contributed by atoms with Gasteiger partial charge in [-0.05, 0) is 82.2 Å². The summed E-state index contributed by atoms with van der Waals surface area (Å²) in [6.07, 6.45) is 5.37. The van der Waals surface area contributed by atoms with E-state index in [4.69, 9.17) is 6.42 Å². The van der Waals surface area contributed by atoms with E-state index in [1.807, 2.05) is 66.7 Å². The first-order valence-corrected chi connectivity index (χ1v) is 17.7. The van der Waals surface area contributed by atoms with Gasteiger partial charge in [-0.1, -0.05) is 125 Å². The molecule has 4 amide bonds. The fourth-order valence-electron chi connectivity index (χ4n) is 6.29. The Kier molecular flexibility index (Phi) is 10.00. The molecule has 2 aliphatic rings. The number of fused-ring (bicyclic) bond motifs is 4. The van der Waals surface area contributed by atoms with Crippen molar-refractivity contribution in [2.24, 2.45) is 0 Å². The summed E-state index contributed by atoms with van der Waals surface area (Å²) in [5.74, 6) is 7.93. The Morgan fingerprint density at radius 3 is 1.70 bits per heavy atom. The smallest absolute Gasteiger partial charge is 0.266 e. The number of carbonyl (C=O) groups is 4. The number of terminal acetylenes is 1. The van der Waals surface area contributed by atoms with E-state index < -0.39 is 0 Å². The van der Waals surface area contributed by atoms with Crippen molar-refractivity contribution in [2.45, 2.75) is 0 Å². The van der Waals surface area contributed by atoms with Crippen molar-refractivity contribution < 1.29 is 19.2 Å². The summed E-state index contributed by atoms with van der Waals surface area (Å²) in [5, 5.41) is 4.58. The summed E-state index contributed by atoms with van der Waals surface area (Å²) in [5.41, 5.74) is 4.93. The second-order valence-electron chi connectivity index (χ2n) is 12.3. The zero-order chi connectivity index (χ0) is 37.8. The molecule has 54 heavy (non-hydrogen) atoms. The van der Waals surface area contributed by atoms with Crippen LogP contribution in [0.3, 0.4) is 0 Å². The highest BCUT2D eigenvalue weighted by Crippen LogP contribution is 2.29. The van der Waals surface area contributed by atoms with Gasteiger partial charge >= 0.3 is 0 Å². The van der Waals surface area contributed by atoms with E-state index in [9.17, 15) is 19.2 Å². The van der Waals surface area contributed by atoms with Gasteiger partial charge in [0.1, 0.15) is 0 Å². The Hall–Kier alpha value is -7.06. The summed E-state index contributed by atoms with van der Waals surface area (Å²) in [7, 11) is 1.48. The lowest BCUT2D eigenvalue weighted by atomic mass is 10.0. The highest BCUT2D eigenvalue weighted by molar-refractivity contribution is 9.10. The van der Waals surface area contributed by atoms with Crippen LogP contribution in [0.2, 0.25) is 0 Å². The van der Waals surface area contributed by atoms with Gasteiger partial charge in [0.2, 0.25) is 0 Å². The number of amides is 4. The average Bonchev–Trinajstić information content (AvgIpc) is 3.59. The first-order valence-electron chi connectivity index (χ1n) is 16.9. The number of anilines is 1. The number of hydrogen-bond acceptors (Lipinski definition) is 4. The van der Waals surface area contributed by atoms with Crippen LogP contribution in [0.5, 0.6) is 0 Å². The van der Waals surface area contributed by atoms with Crippen molar-refractivity contribution in [3.05, 3.63) is 195 Å². The van der Waals surface area contributed by atoms with Crippen molar-refractivity contribution in [1.82, 2.24) is 4.90 Å². The Morgan fingerprint density at radius 2 is 1.02 bits per heavy atom. The predicted octanol–water partition coefficient (Wildman–Crippen LogP) is 9.54. The van der Waals surface area contributed by atoms with E-state index in [1.54, 1.807) is 60.7 Å². The van der Waals surface area contributed by atoms with Gasteiger partial charge in [-0.25, -0.2) is 4.90 Å². The lowest BCUT2D eigenvalue weighted by molar-refractivity contribution is 0.0692. The van der Waals surface area contributed by atoms with Crippen LogP contribution in [-0.4, -0.2) is 35.6 Å². The third kappa shape index (κ3) is 6.92. The molecule has 0 bridgehead atoms. The molecule has 7 heteroatoms. The molecule has 0 aromatic heterocycles. The van der Waals surface area contributed by atoms with Crippen LogP contribution in [0.15, 0.2) is 156 Å². The van der Waals surface area contributed by atoms with E-state index >= 15 is 0 Å². The molecule has 0 fully saturated rings. The van der Waals surface area contributed by atoms with Gasteiger partial charge in [-0.15, -0.1) is 6.42 Å². The summed E-state index contributed by atoms with van der Waals surface area (Å²) in [6.45, 7) is 0. The van der Waals surface area contributed by atoms with Gasteiger partial charge < -0.3 is 0 Å². The molecule has 0 radical (unpaired) electrons. The summed E-state index contributed by atoms with van der Waals surface area (Å²) in [4.78, 5) is 50.8. The van der Waals surface area contributed by atoms with E-state index in [-0.39, 0.29) is 23.6 Å². The fraction of sp³-hybridized carbons (Fsp3) is 0.0213. The summed E-state index contributed by atoms with van der Waals surface area (Å²) in [6, 6.07) is 47.5. The van der Waals surface area contributed by atoms with Crippen LogP contribution < -0.4 is 4.90 Å². The highest BCUT2D eigenvalue weighted by Gasteiger charge is 2.36. The first-order chi connectivity index (χ1) is 26.2. The second kappa shape index (κ2) is 15.3. The van der Waals surface area contributed by atoms with Crippen LogP contribution in [0, 0.1) is 24.2 Å². The molecule has 7 aromatic rings.